The second-order valence-corrected chi connectivity index (χ2v) is 8.93. The molecule has 0 unspecified atom stereocenters. The smallest absolute Gasteiger partial charge is 0.391 e. The van der Waals surface area contributed by atoms with Crippen molar-refractivity contribution in [2.24, 2.45) is 0 Å². The van der Waals surface area contributed by atoms with Crippen molar-refractivity contribution in [1.82, 2.24) is 0 Å². The number of aliphatic hydroxyl groups excluding tert-OH is 1. The maximum Gasteiger partial charge on any atom is 0.490 e. The maximum atomic E-state index is 10.4. The van der Waals surface area contributed by atoms with Gasteiger partial charge in [-0.25, -0.2) is 13.7 Å². The Morgan fingerprint density at radius 3 is 1.45 bits per heavy atom. The zero-order chi connectivity index (χ0) is 18.2. The summed E-state index contributed by atoms with van der Waals surface area (Å²) < 4.78 is 37.3. The van der Waals surface area contributed by atoms with Gasteiger partial charge in [-0.05, 0) is 6.42 Å². The lowest BCUT2D eigenvalue weighted by molar-refractivity contribution is -0.890. The SMILES string of the molecule is CCC[N+](C)(C)CCO.O=P(O)(O)OP(=O)(O)OP(=O)(O)O. The standard InChI is InChI=1S/C7H18NO.H5O10P3/c1-4-5-8(2,3)6-7-9;1-11(2,3)9-13(7,8)10-12(4,5)6/h9H,4-7H2,1-3H3;(H,7,8)(H2,1,2,3)(H2,4,5,6)/q+1;. The van der Waals surface area contributed by atoms with Crippen molar-refractivity contribution in [2.45, 2.75) is 13.3 Å². The van der Waals surface area contributed by atoms with E-state index in [-0.39, 0.29) is 0 Å². The van der Waals surface area contributed by atoms with Crippen molar-refractivity contribution < 1.29 is 56.4 Å². The van der Waals surface area contributed by atoms with Crippen LogP contribution in [0.1, 0.15) is 13.3 Å². The van der Waals surface area contributed by atoms with E-state index in [4.69, 9.17) is 29.6 Å². The molecule has 0 amide bonds. The molecule has 15 heteroatoms. The lowest BCUT2D eigenvalue weighted by Gasteiger charge is -2.28. The molecule has 0 bridgehead atoms. The van der Waals surface area contributed by atoms with Gasteiger partial charge in [-0.3, -0.25) is 0 Å². The fraction of sp³-hybridized carbons (Fsp3) is 1.00. The molecule has 0 radical (unpaired) electrons. The highest BCUT2D eigenvalue weighted by Crippen LogP contribution is 2.64. The van der Waals surface area contributed by atoms with Crippen LogP contribution in [-0.4, -0.2) is 67.8 Å². The van der Waals surface area contributed by atoms with E-state index in [1.54, 1.807) is 0 Å². The van der Waals surface area contributed by atoms with Gasteiger partial charge in [0.2, 0.25) is 0 Å². The van der Waals surface area contributed by atoms with Gasteiger partial charge in [-0.1, -0.05) is 6.92 Å². The number of nitrogens with zero attached hydrogens (tertiary/aromatic N) is 1. The van der Waals surface area contributed by atoms with Crippen LogP contribution in [0.3, 0.4) is 0 Å². The highest BCUT2D eigenvalue weighted by atomic mass is 31.3. The van der Waals surface area contributed by atoms with Gasteiger partial charge in [-0.15, -0.1) is 0 Å². The van der Waals surface area contributed by atoms with Gasteiger partial charge in [0.15, 0.2) is 0 Å². The fourth-order valence-electron chi connectivity index (χ4n) is 1.27. The molecular formula is C7H23NO11P3+. The molecule has 0 aromatic heterocycles. The van der Waals surface area contributed by atoms with Gasteiger partial charge in [-0.2, -0.15) is 8.62 Å². The third-order valence-electron chi connectivity index (χ3n) is 1.95. The Labute approximate surface area is 128 Å². The summed E-state index contributed by atoms with van der Waals surface area (Å²) in [5.41, 5.74) is 0. The van der Waals surface area contributed by atoms with Gasteiger partial charge in [0.05, 0.1) is 27.2 Å². The van der Waals surface area contributed by atoms with Crippen LogP contribution < -0.4 is 0 Å². The Balaban J connectivity index is 0. The first-order valence-electron chi connectivity index (χ1n) is 5.83. The third kappa shape index (κ3) is 18.4. The molecule has 136 valence electrons. The number of quaternary nitrogens is 1. The summed E-state index contributed by atoms with van der Waals surface area (Å²) in [4.78, 5) is 40.2. The van der Waals surface area contributed by atoms with Crippen LogP contribution in [-0.2, 0) is 22.3 Å². The molecule has 0 fully saturated rings. The van der Waals surface area contributed by atoms with E-state index in [1.807, 2.05) is 0 Å². The van der Waals surface area contributed by atoms with Crippen molar-refractivity contribution in [3.05, 3.63) is 0 Å². The Kier molecular flexibility index (Phi) is 10.7. The van der Waals surface area contributed by atoms with E-state index in [9.17, 15) is 13.7 Å². The average Bonchev–Trinajstić information content (AvgIpc) is 2.08. The van der Waals surface area contributed by atoms with Gasteiger partial charge in [0.1, 0.15) is 6.54 Å². The molecule has 0 saturated heterocycles. The van der Waals surface area contributed by atoms with Gasteiger partial charge in [0.25, 0.3) is 0 Å². The fourth-order valence-corrected chi connectivity index (χ4v) is 3.81. The van der Waals surface area contributed by atoms with E-state index in [1.165, 1.54) is 6.42 Å². The molecule has 0 saturated carbocycles. The van der Waals surface area contributed by atoms with Crippen molar-refractivity contribution in [3.63, 3.8) is 0 Å². The van der Waals surface area contributed by atoms with Crippen LogP contribution in [0, 0.1) is 0 Å². The van der Waals surface area contributed by atoms with E-state index >= 15 is 0 Å². The first-order chi connectivity index (χ1) is 9.54. The second-order valence-electron chi connectivity index (χ2n) is 4.72. The van der Waals surface area contributed by atoms with Gasteiger partial charge >= 0.3 is 23.5 Å². The monoisotopic (exact) mass is 390 g/mol. The highest BCUT2D eigenvalue weighted by Gasteiger charge is 2.38. The van der Waals surface area contributed by atoms with E-state index in [0.29, 0.717) is 6.61 Å². The summed E-state index contributed by atoms with van der Waals surface area (Å²) in [5.74, 6) is 0. The Morgan fingerprint density at radius 1 is 0.864 bits per heavy atom. The van der Waals surface area contributed by atoms with Crippen LogP contribution in [0.4, 0.5) is 0 Å². The molecule has 0 aliphatic heterocycles. The summed E-state index contributed by atoms with van der Waals surface area (Å²) >= 11 is 0. The number of aliphatic hydroxyl groups is 1. The van der Waals surface area contributed by atoms with E-state index in [0.717, 1.165) is 17.6 Å². The first kappa shape index (κ1) is 24.6. The third-order valence-corrected chi connectivity index (χ3v) is 5.31. The zero-order valence-electron chi connectivity index (χ0n) is 12.3. The predicted molar refractivity (Wildman–Crippen MR) is 75.3 cm³/mol. The first-order valence-corrected chi connectivity index (χ1v) is 10.4. The highest BCUT2D eigenvalue weighted by molar-refractivity contribution is 7.66. The Hall–Kier alpha value is 0.330. The molecule has 6 N–H and O–H groups in total. The molecule has 12 nitrogen and oxygen atoms in total. The Bertz CT molecular complexity index is 419. The topological polar surface area (TPSA) is 191 Å². The minimum atomic E-state index is -5.46. The molecular weight excluding hydrogens is 367 g/mol. The minimum absolute atomic E-state index is 0.299. The molecule has 0 aliphatic carbocycles. The number of hydrogen-bond acceptors (Lipinski definition) is 6. The quantitative estimate of drug-likeness (QED) is 0.237. The number of phosphoric acid groups is 3. The zero-order valence-corrected chi connectivity index (χ0v) is 15.0. The molecule has 0 aliphatic rings. The van der Waals surface area contributed by atoms with Gasteiger partial charge < -0.3 is 34.1 Å². The molecule has 0 spiro atoms. The summed E-state index contributed by atoms with van der Waals surface area (Å²) in [6, 6.07) is 0. The summed E-state index contributed by atoms with van der Waals surface area (Å²) in [6.45, 7) is 4.48. The molecule has 0 aromatic carbocycles. The molecule has 0 aromatic rings. The summed E-state index contributed by atoms with van der Waals surface area (Å²) in [5, 5.41) is 8.61. The van der Waals surface area contributed by atoms with Crippen LogP contribution >= 0.6 is 23.5 Å². The lowest BCUT2D eigenvalue weighted by atomic mass is 10.4. The van der Waals surface area contributed by atoms with Crippen LogP contribution in [0.25, 0.3) is 0 Å². The van der Waals surface area contributed by atoms with Crippen molar-refractivity contribution in [3.8, 4) is 0 Å². The summed E-state index contributed by atoms with van der Waals surface area (Å²) in [7, 11) is -11.9. The largest absolute Gasteiger partial charge is 0.490 e. The van der Waals surface area contributed by atoms with Crippen molar-refractivity contribution in [1.29, 1.82) is 0 Å². The normalized spacial score (nSPS) is 13.5. The minimum Gasteiger partial charge on any atom is -0.391 e. The molecule has 0 atom stereocenters. The summed E-state index contributed by atoms with van der Waals surface area (Å²) in [6.07, 6.45) is 1.19. The lowest BCUT2D eigenvalue weighted by Crippen LogP contribution is -2.42. The van der Waals surface area contributed by atoms with Crippen molar-refractivity contribution >= 4 is 23.5 Å². The molecule has 22 heavy (non-hydrogen) atoms. The Morgan fingerprint density at radius 2 is 1.23 bits per heavy atom. The predicted octanol–water partition coefficient (Wildman–Crippen LogP) is -0.230. The maximum absolute atomic E-state index is 10.4. The number of hydrogen-bond donors (Lipinski definition) is 6. The molecule has 0 rings (SSSR count). The van der Waals surface area contributed by atoms with Crippen LogP contribution in [0.5, 0.6) is 0 Å². The average molecular weight is 390 g/mol. The van der Waals surface area contributed by atoms with E-state index < -0.39 is 23.5 Å². The van der Waals surface area contributed by atoms with Crippen molar-refractivity contribution in [2.75, 3.05) is 33.8 Å². The van der Waals surface area contributed by atoms with Crippen LogP contribution in [0.15, 0.2) is 0 Å². The van der Waals surface area contributed by atoms with E-state index in [2.05, 4.69) is 29.6 Å². The second kappa shape index (κ2) is 9.58. The number of rotatable bonds is 8. The number of likely N-dealkylation sites (N-methyl/N-ethyl adjacent to an activating group) is 1. The van der Waals surface area contributed by atoms with Crippen LogP contribution in [0.2, 0.25) is 0 Å². The molecule has 0 heterocycles. The van der Waals surface area contributed by atoms with Gasteiger partial charge in [0, 0.05) is 0 Å².